The number of nitrogens with zero attached hydrogens (tertiary/aromatic N) is 4. The van der Waals surface area contributed by atoms with Crippen molar-refractivity contribution in [1.82, 2.24) is 15.0 Å². The van der Waals surface area contributed by atoms with E-state index in [9.17, 15) is 28.2 Å². The molecule has 0 saturated carbocycles. The monoisotopic (exact) mass is 576 g/mol. The standard InChI is InChI=1S/C23H21Cl2F3N4O5.CH4/c1-31(16-7-11(24)3-4-12(16)25)23(35)22-21(36-2)19(20(34)17(9-33)37-22)32-8-15(29-30-32)10-5-13(26)18(28)14(27)6-10;/h3-8,17,19-22,33-34H,9H2,1-2H3;1H4/t17-,19+,20+,21-,22-;/m1./s1. The Morgan fingerprint density at radius 3 is 2.47 bits per heavy atom. The maximum Gasteiger partial charge on any atom is 0.258 e. The average molecular weight is 577 g/mol. The maximum atomic E-state index is 13.7. The number of likely N-dealkylation sites (N-methyl/N-ethyl adjacent to an activating group) is 1. The lowest BCUT2D eigenvalue weighted by atomic mass is 9.91. The molecule has 0 spiro atoms. The van der Waals surface area contributed by atoms with Crippen molar-refractivity contribution >= 4 is 34.8 Å². The van der Waals surface area contributed by atoms with E-state index in [1.165, 1.54) is 37.4 Å². The van der Waals surface area contributed by atoms with Crippen molar-refractivity contribution in [3.8, 4) is 11.3 Å². The van der Waals surface area contributed by atoms with Crippen molar-refractivity contribution in [1.29, 1.82) is 0 Å². The van der Waals surface area contributed by atoms with Gasteiger partial charge in [0.2, 0.25) is 0 Å². The molecule has 2 heterocycles. The predicted molar refractivity (Wildman–Crippen MR) is 134 cm³/mol. The van der Waals surface area contributed by atoms with Crippen molar-refractivity contribution in [2.45, 2.75) is 37.9 Å². The number of carbonyl (C=O) groups is 1. The molecule has 38 heavy (non-hydrogen) atoms. The molecule has 0 bridgehead atoms. The van der Waals surface area contributed by atoms with Crippen LogP contribution in [0.25, 0.3) is 11.3 Å². The minimum Gasteiger partial charge on any atom is -0.394 e. The highest BCUT2D eigenvalue weighted by Crippen LogP contribution is 2.35. The van der Waals surface area contributed by atoms with Gasteiger partial charge in [-0.15, -0.1) is 5.10 Å². The average Bonchev–Trinajstić information content (AvgIpc) is 3.37. The summed E-state index contributed by atoms with van der Waals surface area (Å²) in [7, 11) is 2.72. The fourth-order valence-electron chi connectivity index (χ4n) is 4.17. The summed E-state index contributed by atoms with van der Waals surface area (Å²) in [5, 5.41) is 29.1. The van der Waals surface area contributed by atoms with Crippen molar-refractivity contribution in [3.63, 3.8) is 0 Å². The third kappa shape index (κ3) is 5.51. The maximum absolute atomic E-state index is 13.7. The number of benzene rings is 2. The van der Waals surface area contributed by atoms with Crippen LogP contribution in [0, 0.1) is 17.5 Å². The SMILES string of the molecule is C.CO[C@@H]1[C@@H](n2cc(-c3cc(F)c(F)c(F)c3)nn2)[C@@H](O)[C@@H](CO)O[C@H]1C(=O)N(C)c1cc(Cl)ccc1Cl. The van der Waals surface area contributed by atoms with Crippen LogP contribution in [0.15, 0.2) is 36.5 Å². The Morgan fingerprint density at radius 2 is 1.87 bits per heavy atom. The van der Waals surface area contributed by atoms with Crippen molar-refractivity contribution in [3.05, 3.63) is 64.0 Å². The number of ether oxygens (including phenoxy) is 2. The quantitative estimate of drug-likeness (QED) is 0.431. The second-order valence-electron chi connectivity index (χ2n) is 8.29. The molecule has 1 saturated heterocycles. The number of aromatic nitrogens is 3. The third-order valence-corrected chi connectivity index (χ3v) is 6.63. The number of rotatable bonds is 6. The van der Waals surface area contributed by atoms with Gasteiger partial charge in [-0.3, -0.25) is 4.79 Å². The van der Waals surface area contributed by atoms with Crippen molar-refractivity contribution in [2.24, 2.45) is 0 Å². The summed E-state index contributed by atoms with van der Waals surface area (Å²) in [6, 6.07) is 4.90. The van der Waals surface area contributed by atoms with E-state index < -0.39 is 60.4 Å². The Hall–Kier alpha value is -2.74. The fraction of sp³-hybridized carbons (Fsp3) is 0.375. The number of aliphatic hydroxyl groups excluding tert-OH is 2. The molecule has 2 aromatic carbocycles. The Bertz CT molecular complexity index is 1290. The van der Waals surface area contributed by atoms with Crippen LogP contribution in [0.4, 0.5) is 18.9 Å². The molecule has 9 nitrogen and oxygen atoms in total. The van der Waals surface area contributed by atoms with E-state index in [2.05, 4.69) is 10.3 Å². The Balaban J connectivity index is 0.00000400. The van der Waals surface area contributed by atoms with Gasteiger partial charge in [-0.25, -0.2) is 17.9 Å². The van der Waals surface area contributed by atoms with Crippen LogP contribution in [-0.4, -0.2) is 76.3 Å². The molecule has 0 unspecified atom stereocenters. The summed E-state index contributed by atoms with van der Waals surface area (Å²) in [6.45, 7) is -0.657. The lowest BCUT2D eigenvalue weighted by molar-refractivity contribution is -0.211. The molecule has 1 aromatic heterocycles. The van der Waals surface area contributed by atoms with Crippen LogP contribution < -0.4 is 4.90 Å². The summed E-state index contributed by atoms with van der Waals surface area (Å²) < 4.78 is 53.2. The van der Waals surface area contributed by atoms with Gasteiger partial charge in [-0.05, 0) is 30.3 Å². The highest BCUT2D eigenvalue weighted by molar-refractivity contribution is 6.35. The molecule has 206 valence electrons. The minimum absolute atomic E-state index is 0. The second-order valence-corrected chi connectivity index (χ2v) is 9.13. The molecular formula is C24H25Cl2F3N4O5. The Morgan fingerprint density at radius 1 is 1.21 bits per heavy atom. The molecule has 4 rings (SSSR count). The van der Waals surface area contributed by atoms with Crippen LogP contribution >= 0.6 is 23.2 Å². The largest absolute Gasteiger partial charge is 0.394 e. The molecule has 14 heteroatoms. The normalized spacial score (nSPS) is 23.1. The highest BCUT2D eigenvalue weighted by Gasteiger charge is 2.50. The minimum atomic E-state index is -1.63. The summed E-state index contributed by atoms with van der Waals surface area (Å²) in [5.74, 6) is -5.10. The van der Waals surface area contributed by atoms with E-state index in [0.29, 0.717) is 5.02 Å². The van der Waals surface area contributed by atoms with Crippen LogP contribution in [0.5, 0.6) is 0 Å². The zero-order chi connectivity index (χ0) is 27.0. The predicted octanol–water partition coefficient (Wildman–Crippen LogP) is 3.65. The third-order valence-electron chi connectivity index (χ3n) is 6.08. The molecule has 0 radical (unpaired) electrons. The first-order valence-corrected chi connectivity index (χ1v) is 11.6. The van der Waals surface area contributed by atoms with Gasteiger partial charge in [0.1, 0.15) is 30.0 Å². The molecule has 1 fully saturated rings. The van der Waals surface area contributed by atoms with Gasteiger partial charge in [0.25, 0.3) is 5.91 Å². The van der Waals surface area contributed by atoms with Gasteiger partial charge in [-0.1, -0.05) is 35.8 Å². The number of hydrogen-bond donors (Lipinski definition) is 2. The van der Waals surface area contributed by atoms with E-state index in [-0.39, 0.29) is 29.4 Å². The molecule has 0 aliphatic carbocycles. The molecule has 2 N–H and O–H groups in total. The van der Waals surface area contributed by atoms with Gasteiger partial charge in [-0.2, -0.15) is 0 Å². The topological polar surface area (TPSA) is 110 Å². The fourth-order valence-corrected chi connectivity index (χ4v) is 4.58. The second kappa shape index (κ2) is 12.0. The Labute approximate surface area is 226 Å². The van der Waals surface area contributed by atoms with E-state index in [1.54, 1.807) is 6.07 Å². The first-order chi connectivity index (χ1) is 17.6. The number of anilines is 1. The zero-order valence-electron chi connectivity index (χ0n) is 19.4. The highest BCUT2D eigenvalue weighted by atomic mass is 35.5. The summed E-state index contributed by atoms with van der Waals surface area (Å²) in [5.41, 5.74) is 0.127. The number of methoxy groups -OCH3 is 1. The first-order valence-electron chi connectivity index (χ1n) is 10.8. The number of amides is 1. The van der Waals surface area contributed by atoms with Gasteiger partial charge in [0.05, 0.1) is 23.5 Å². The smallest absolute Gasteiger partial charge is 0.258 e. The molecular weight excluding hydrogens is 552 g/mol. The summed E-state index contributed by atoms with van der Waals surface area (Å²) >= 11 is 12.3. The summed E-state index contributed by atoms with van der Waals surface area (Å²) in [6.07, 6.45) is -3.95. The van der Waals surface area contributed by atoms with Gasteiger partial charge >= 0.3 is 0 Å². The molecule has 1 amide bonds. The van der Waals surface area contributed by atoms with E-state index >= 15 is 0 Å². The lowest BCUT2D eigenvalue weighted by Crippen LogP contribution is -2.60. The molecule has 1 aliphatic rings. The Kier molecular flexibility index (Phi) is 9.39. The van der Waals surface area contributed by atoms with Gasteiger partial charge < -0.3 is 24.6 Å². The van der Waals surface area contributed by atoms with E-state index in [0.717, 1.165) is 16.8 Å². The summed E-state index contributed by atoms with van der Waals surface area (Å²) in [4.78, 5) is 14.7. The van der Waals surface area contributed by atoms with Crippen LogP contribution in [0.1, 0.15) is 13.5 Å². The van der Waals surface area contributed by atoms with E-state index in [1.807, 2.05) is 0 Å². The molecule has 5 atom stereocenters. The lowest BCUT2D eigenvalue weighted by Gasteiger charge is -2.43. The van der Waals surface area contributed by atoms with Crippen molar-refractivity contribution in [2.75, 3.05) is 25.7 Å². The van der Waals surface area contributed by atoms with Crippen molar-refractivity contribution < 1.29 is 37.7 Å². The first kappa shape index (κ1) is 29.8. The molecule has 3 aromatic rings. The van der Waals surface area contributed by atoms with Gasteiger partial charge in [0, 0.05) is 24.7 Å². The molecule has 1 aliphatic heterocycles. The number of aliphatic hydroxyl groups is 2. The van der Waals surface area contributed by atoms with Gasteiger partial charge in [0.15, 0.2) is 23.6 Å². The zero-order valence-corrected chi connectivity index (χ0v) is 20.9. The number of hydrogen-bond acceptors (Lipinski definition) is 7. The van der Waals surface area contributed by atoms with Crippen LogP contribution in [-0.2, 0) is 14.3 Å². The number of halogens is 5. The van der Waals surface area contributed by atoms with Crippen LogP contribution in [0.2, 0.25) is 10.0 Å². The van der Waals surface area contributed by atoms with E-state index in [4.69, 9.17) is 32.7 Å². The van der Waals surface area contributed by atoms with Crippen LogP contribution in [0.3, 0.4) is 0 Å². The number of carbonyl (C=O) groups excluding carboxylic acids is 1.